The Bertz CT molecular complexity index is 1050. The Morgan fingerprint density at radius 3 is 2.69 bits per heavy atom. The van der Waals surface area contributed by atoms with E-state index in [1.807, 2.05) is 41.1 Å². The van der Waals surface area contributed by atoms with E-state index in [0.29, 0.717) is 5.11 Å². The SMILES string of the molecule is CC(C)N1C(=S)NC(c2ccccn2)C1c1cccn1-c1cccc(C(=O)O)c1. The molecule has 29 heavy (non-hydrogen) atoms. The average Bonchev–Trinajstić information content (AvgIpc) is 3.32. The Balaban J connectivity index is 1.83. The highest BCUT2D eigenvalue weighted by molar-refractivity contribution is 7.80. The summed E-state index contributed by atoms with van der Waals surface area (Å²) in [5.74, 6) is -0.945. The van der Waals surface area contributed by atoms with Crippen LogP contribution in [0.3, 0.4) is 0 Å². The number of hydrogen-bond acceptors (Lipinski definition) is 3. The summed E-state index contributed by atoms with van der Waals surface area (Å²) in [5.41, 5.74) is 2.98. The summed E-state index contributed by atoms with van der Waals surface area (Å²) in [6.45, 7) is 4.22. The summed E-state index contributed by atoms with van der Waals surface area (Å²) in [6.07, 6.45) is 3.73. The van der Waals surface area contributed by atoms with Crippen LogP contribution in [0.15, 0.2) is 67.0 Å². The van der Waals surface area contributed by atoms with E-state index in [4.69, 9.17) is 12.2 Å². The second-order valence-corrected chi connectivity index (χ2v) is 7.67. The van der Waals surface area contributed by atoms with Crippen molar-refractivity contribution in [2.45, 2.75) is 32.0 Å². The lowest BCUT2D eigenvalue weighted by atomic mass is 10.00. The molecule has 1 aromatic carbocycles. The zero-order chi connectivity index (χ0) is 20.5. The largest absolute Gasteiger partial charge is 0.478 e. The van der Waals surface area contributed by atoms with Gasteiger partial charge in [0.2, 0.25) is 0 Å². The molecule has 1 aliphatic rings. The van der Waals surface area contributed by atoms with Crippen LogP contribution in [0.25, 0.3) is 5.69 Å². The fourth-order valence-electron chi connectivity index (χ4n) is 3.90. The van der Waals surface area contributed by atoms with Gasteiger partial charge in [-0.3, -0.25) is 4.98 Å². The van der Waals surface area contributed by atoms with Crippen molar-refractivity contribution in [2.75, 3.05) is 0 Å². The highest BCUT2D eigenvalue weighted by atomic mass is 32.1. The second kappa shape index (κ2) is 7.67. The molecule has 2 N–H and O–H groups in total. The van der Waals surface area contributed by atoms with Crippen molar-refractivity contribution in [2.24, 2.45) is 0 Å². The van der Waals surface area contributed by atoms with Crippen LogP contribution in [0.4, 0.5) is 0 Å². The van der Waals surface area contributed by atoms with Gasteiger partial charge < -0.3 is 19.9 Å². The van der Waals surface area contributed by atoms with E-state index in [9.17, 15) is 9.90 Å². The van der Waals surface area contributed by atoms with Gasteiger partial charge in [-0.2, -0.15) is 0 Å². The molecule has 1 fully saturated rings. The first-order valence-electron chi connectivity index (χ1n) is 9.48. The van der Waals surface area contributed by atoms with Gasteiger partial charge >= 0.3 is 5.97 Å². The van der Waals surface area contributed by atoms with Crippen molar-refractivity contribution in [3.05, 3.63) is 83.9 Å². The first kappa shape index (κ1) is 19.1. The van der Waals surface area contributed by atoms with Crippen molar-refractivity contribution in [1.29, 1.82) is 0 Å². The zero-order valence-corrected chi connectivity index (χ0v) is 17.0. The van der Waals surface area contributed by atoms with Crippen LogP contribution < -0.4 is 5.32 Å². The minimum absolute atomic E-state index is 0.0825. The van der Waals surface area contributed by atoms with E-state index in [1.165, 1.54) is 0 Å². The maximum Gasteiger partial charge on any atom is 0.335 e. The molecule has 1 aliphatic heterocycles. The molecular weight excluding hydrogens is 384 g/mol. The number of pyridine rings is 1. The molecular formula is C22H22N4O2S. The molecule has 0 radical (unpaired) electrons. The van der Waals surface area contributed by atoms with E-state index in [-0.39, 0.29) is 23.7 Å². The van der Waals surface area contributed by atoms with Crippen LogP contribution in [0.5, 0.6) is 0 Å². The number of thiocarbonyl (C=S) groups is 1. The maximum absolute atomic E-state index is 11.4. The normalized spacial score (nSPS) is 18.9. The van der Waals surface area contributed by atoms with Crippen molar-refractivity contribution >= 4 is 23.3 Å². The molecule has 0 spiro atoms. The van der Waals surface area contributed by atoms with Gasteiger partial charge in [0.05, 0.1) is 23.3 Å². The molecule has 148 valence electrons. The highest BCUT2D eigenvalue weighted by Gasteiger charge is 2.42. The van der Waals surface area contributed by atoms with Crippen LogP contribution in [-0.4, -0.2) is 36.7 Å². The van der Waals surface area contributed by atoms with Gasteiger partial charge in [-0.15, -0.1) is 0 Å². The molecule has 3 aromatic rings. The van der Waals surface area contributed by atoms with Crippen molar-refractivity contribution in [1.82, 2.24) is 19.8 Å². The summed E-state index contributed by atoms with van der Waals surface area (Å²) in [4.78, 5) is 18.2. The molecule has 0 saturated carbocycles. The van der Waals surface area contributed by atoms with Gasteiger partial charge in [-0.25, -0.2) is 4.79 Å². The Labute approximate surface area is 174 Å². The number of nitrogens with one attached hydrogen (secondary N) is 1. The smallest absolute Gasteiger partial charge is 0.335 e. The summed E-state index contributed by atoms with van der Waals surface area (Å²) in [7, 11) is 0. The van der Waals surface area contributed by atoms with Crippen LogP contribution in [0.2, 0.25) is 0 Å². The molecule has 2 atom stereocenters. The number of carbonyl (C=O) groups is 1. The van der Waals surface area contributed by atoms with Crippen LogP contribution >= 0.6 is 12.2 Å². The predicted octanol–water partition coefficient (Wildman–Crippen LogP) is 3.95. The van der Waals surface area contributed by atoms with E-state index in [2.05, 4.69) is 35.1 Å². The highest BCUT2D eigenvalue weighted by Crippen LogP contribution is 2.40. The topological polar surface area (TPSA) is 70.4 Å². The third-order valence-corrected chi connectivity index (χ3v) is 5.47. The zero-order valence-electron chi connectivity index (χ0n) is 16.2. The Kier molecular flexibility index (Phi) is 5.07. The molecule has 2 unspecified atom stereocenters. The van der Waals surface area contributed by atoms with Crippen molar-refractivity contribution in [3.8, 4) is 5.69 Å². The summed E-state index contributed by atoms with van der Waals surface area (Å²) < 4.78 is 2.03. The third-order valence-electron chi connectivity index (χ3n) is 5.15. The number of carboxylic acids is 1. The molecule has 0 aliphatic carbocycles. The Morgan fingerprint density at radius 1 is 1.17 bits per heavy atom. The summed E-state index contributed by atoms with van der Waals surface area (Å²) in [6, 6.07) is 16.8. The minimum Gasteiger partial charge on any atom is -0.478 e. The molecule has 6 nitrogen and oxygen atoms in total. The lowest BCUT2D eigenvalue weighted by Crippen LogP contribution is -2.36. The summed E-state index contributed by atoms with van der Waals surface area (Å²) >= 11 is 5.66. The predicted molar refractivity (Wildman–Crippen MR) is 115 cm³/mol. The monoisotopic (exact) mass is 406 g/mol. The van der Waals surface area contributed by atoms with E-state index >= 15 is 0 Å². The quantitative estimate of drug-likeness (QED) is 0.625. The third kappa shape index (κ3) is 3.49. The van der Waals surface area contributed by atoms with Gasteiger partial charge in [0, 0.05) is 29.8 Å². The molecule has 7 heteroatoms. The van der Waals surface area contributed by atoms with Gasteiger partial charge in [0.1, 0.15) is 0 Å². The number of aromatic nitrogens is 2. The van der Waals surface area contributed by atoms with Crippen LogP contribution in [-0.2, 0) is 0 Å². The Morgan fingerprint density at radius 2 is 2.00 bits per heavy atom. The number of hydrogen-bond donors (Lipinski definition) is 2. The second-order valence-electron chi connectivity index (χ2n) is 7.29. The minimum atomic E-state index is -0.945. The number of aromatic carboxylic acids is 1. The van der Waals surface area contributed by atoms with E-state index in [0.717, 1.165) is 17.1 Å². The van der Waals surface area contributed by atoms with Crippen molar-refractivity contribution in [3.63, 3.8) is 0 Å². The molecule has 1 saturated heterocycles. The maximum atomic E-state index is 11.4. The number of nitrogens with zero attached hydrogens (tertiary/aromatic N) is 3. The molecule has 0 bridgehead atoms. The van der Waals surface area contributed by atoms with Crippen molar-refractivity contribution < 1.29 is 9.90 Å². The molecule has 0 amide bonds. The average molecular weight is 407 g/mol. The molecule has 4 rings (SSSR count). The molecule has 3 heterocycles. The van der Waals surface area contributed by atoms with Gasteiger partial charge in [-0.1, -0.05) is 12.1 Å². The fraction of sp³-hybridized carbons (Fsp3) is 0.227. The first-order chi connectivity index (χ1) is 14.0. The number of benzene rings is 1. The lowest BCUT2D eigenvalue weighted by Gasteiger charge is -2.31. The van der Waals surface area contributed by atoms with Crippen LogP contribution in [0.1, 0.15) is 47.7 Å². The number of rotatable bonds is 5. The van der Waals surface area contributed by atoms with E-state index < -0.39 is 5.97 Å². The van der Waals surface area contributed by atoms with Gasteiger partial charge in [0.15, 0.2) is 5.11 Å². The standard InChI is InChI=1S/C22H22N4O2S/c1-14(2)26-20(19(24-22(26)29)17-9-3-4-11-23-17)18-10-6-12-25(18)16-8-5-7-15(13-16)21(27)28/h3-14,19-20H,1-2H3,(H,24,29)(H,27,28). The summed E-state index contributed by atoms with van der Waals surface area (Å²) in [5, 5.41) is 13.5. The van der Waals surface area contributed by atoms with E-state index in [1.54, 1.807) is 24.4 Å². The lowest BCUT2D eigenvalue weighted by molar-refractivity contribution is 0.0697. The fourth-order valence-corrected chi connectivity index (χ4v) is 4.35. The van der Waals surface area contributed by atoms with Gasteiger partial charge in [0.25, 0.3) is 0 Å². The van der Waals surface area contributed by atoms with Gasteiger partial charge in [-0.05, 0) is 68.5 Å². The number of carboxylic acid groups (broad SMARTS) is 1. The first-order valence-corrected chi connectivity index (χ1v) is 9.89. The Hall–Kier alpha value is -3.19. The van der Waals surface area contributed by atoms with Crippen LogP contribution in [0, 0.1) is 0 Å². The molecule has 2 aromatic heterocycles.